The van der Waals surface area contributed by atoms with Gasteiger partial charge >= 0.3 is 0 Å². The second-order valence-electron chi connectivity index (χ2n) is 4.79. The highest BCUT2D eigenvalue weighted by Gasteiger charge is 2.06. The van der Waals surface area contributed by atoms with Crippen molar-refractivity contribution in [1.29, 1.82) is 0 Å². The minimum atomic E-state index is -0.107. The molecule has 100 valence electrons. The summed E-state index contributed by atoms with van der Waals surface area (Å²) in [5.74, 6) is 0.566. The summed E-state index contributed by atoms with van der Waals surface area (Å²) >= 11 is 0. The van der Waals surface area contributed by atoms with Crippen LogP contribution in [0.3, 0.4) is 0 Å². The molecule has 0 aliphatic carbocycles. The molecule has 1 aromatic heterocycles. The monoisotopic (exact) mass is 249 g/mol. The molecule has 4 nitrogen and oxygen atoms in total. The van der Waals surface area contributed by atoms with Gasteiger partial charge in [0.25, 0.3) is 5.91 Å². The average Bonchev–Trinajstić information content (AvgIpc) is 2.36. The van der Waals surface area contributed by atoms with Crippen LogP contribution in [0.5, 0.6) is 0 Å². The average molecular weight is 249 g/mol. The summed E-state index contributed by atoms with van der Waals surface area (Å²) in [5, 5.41) is 6.13. The van der Waals surface area contributed by atoms with Gasteiger partial charge in [0.15, 0.2) is 0 Å². The fraction of sp³-hybridized carbons (Fsp3) is 0.571. The van der Waals surface area contributed by atoms with Crippen LogP contribution in [0.25, 0.3) is 0 Å². The molecule has 0 saturated carbocycles. The van der Waals surface area contributed by atoms with Crippen molar-refractivity contribution in [3.05, 3.63) is 24.0 Å². The molecule has 0 aliphatic rings. The molecule has 0 atom stereocenters. The number of nitrogens with zero attached hydrogens (tertiary/aromatic N) is 1. The summed E-state index contributed by atoms with van der Waals surface area (Å²) in [6, 6.07) is 3.68. The maximum Gasteiger partial charge on any atom is 0.269 e. The van der Waals surface area contributed by atoms with Gasteiger partial charge in [-0.2, -0.15) is 0 Å². The normalized spacial score (nSPS) is 10.4. The quantitative estimate of drug-likeness (QED) is 0.781. The first-order valence-electron chi connectivity index (χ1n) is 6.61. The summed E-state index contributed by atoms with van der Waals surface area (Å²) < 4.78 is 0. The second kappa shape index (κ2) is 7.69. The first kappa shape index (κ1) is 14.5. The van der Waals surface area contributed by atoms with Gasteiger partial charge in [0.05, 0.1) is 0 Å². The fourth-order valence-corrected chi connectivity index (χ4v) is 1.50. The Morgan fingerprint density at radius 3 is 2.83 bits per heavy atom. The largest absolute Gasteiger partial charge is 0.385 e. The summed E-state index contributed by atoms with van der Waals surface area (Å²) in [6.07, 6.45) is 3.70. The Labute approximate surface area is 109 Å². The predicted octanol–water partition coefficient (Wildman–Crippen LogP) is 2.68. The molecule has 1 amide bonds. The van der Waals surface area contributed by atoms with Crippen molar-refractivity contribution in [1.82, 2.24) is 10.3 Å². The molecule has 0 spiro atoms. The molecule has 0 bridgehead atoms. The lowest BCUT2D eigenvalue weighted by molar-refractivity contribution is 0.0949. The van der Waals surface area contributed by atoms with Crippen molar-refractivity contribution < 1.29 is 4.79 Å². The van der Waals surface area contributed by atoms with E-state index >= 15 is 0 Å². The van der Waals surface area contributed by atoms with Crippen molar-refractivity contribution in [3.63, 3.8) is 0 Å². The molecule has 0 radical (unpaired) electrons. The van der Waals surface area contributed by atoms with E-state index in [4.69, 9.17) is 0 Å². The molecule has 0 aliphatic heterocycles. The Morgan fingerprint density at radius 1 is 1.39 bits per heavy atom. The van der Waals surface area contributed by atoms with E-state index in [9.17, 15) is 4.79 Å². The van der Waals surface area contributed by atoms with Gasteiger partial charge in [0, 0.05) is 25.0 Å². The van der Waals surface area contributed by atoms with Gasteiger partial charge in [0.2, 0.25) is 0 Å². The number of hydrogen-bond donors (Lipinski definition) is 2. The van der Waals surface area contributed by atoms with Crippen molar-refractivity contribution in [2.24, 2.45) is 5.92 Å². The SMILES string of the molecule is CCCNC(=O)c1cc(NCCC(C)C)ccn1. The molecule has 18 heavy (non-hydrogen) atoms. The number of nitrogens with one attached hydrogen (secondary N) is 2. The highest BCUT2D eigenvalue weighted by Crippen LogP contribution is 2.09. The second-order valence-corrected chi connectivity index (χ2v) is 4.79. The zero-order valence-electron chi connectivity index (χ0n) is 11.5. The van der Waals surface area contributed by atoms with Crippen LogP contribution in [0, 0.1) is 5.92 Å². The number of carbonyl (C=O) groups is 1. The minimum absolute atomic E-state index is 0.107. The van der Waals surface area contributed by atoms with Crippen molar-refractivity contribution >= 4 is 11.6 Å². The van der Waals surface area contributed by atoms with Crippen LogP contribution in [0.2, 0.25) is 0 Å². The number of rotatable bonds is 7. The fourth-order valence-electron chi connectivity index (χ4n) is 1.50. The predicted molar refractivity (Wildman–Crippen MR) is 74.8 cm³/mol. The lowest BCUT2D eigenvalue weighted by Crippen LogP contribution is -2.25. The van der Waals surface area contributed by atoms with E-state index in [1.165, 1.54) is 0 Å². The lowest BCUT2D eigenvalue weighted by atomic mass is 10.1. The Hall–Kier alpha value is -1.58. The van der Waals surface area contributed by atoms with Crippen LogP contribution in [0.1, 0.15) is 44.1 Å². The van der Waals surface area contributed by atoms with E-state index in [0.29, 0.717) is 18.2 Å². The molecule has 0 fully saturated rings. The Bertz CT molecular complexity index is 377. The molecule has 4 heteroatoms. The zero-order chi connectivity index (χ0) is 13.4. The van der Waals surface area contributed by atoms with E-state index in [2.05, 4.69) is 29.5 Å². The number of anilines is 1. The number of aromatic nitrogens is 1. The highest BCUT2D eigenvalue weighted by atomic mass is 16.1. The van der Waals surface area contributed by atoms with Crippen molar-refractivity contribution in [2.75, 3.05) is 18.4 Å². The van der Waals surface area contributed by atoms with E-state index in [1.54, 1.807) is 12.3 Å². The molecule has 0 aromatic carbocycles. The third kappa shape index (κ3) is 5.17. The van der Waals surface area contributed by atoms with Gasteiger partial charge in [-0.1, -0.05) is 20.8 Å². The molecular formula is C14H23N3O. The van der Waals surface area contributed by atoms with Gasteiger partial charge in [-0.05, 0) is 30.9 Å². The molecule has 2 N–H and O–H groups in total. The van der Waals surface area contributed by atoms with Crippen LogP contribution in [-0.2, 0) is 0 Å². The van der Waals surface area contributed by atoms with E-state index in [1.807, 2.05) is 13.0 Å². The van der Waals surface area contributed by atoms with E-state index < -0.39 is 0 Å². The first-order chi connectivity index (χ1) is 8.63. The summed E-state index contributed by atoms with van der Waals surface area (Å²) in [4.78, 5) is 15.8. The first-order valence-corrected chi connectivity index (χ1v) is 6.61. The van der Waals surface area contributed by atoms with Gasteiger partial charge in [-0.15, -0.1) is 0 Å². The van der Waals surface area contributed by atoms with Gasteiger partial charge in [-0.3, -0.25) is 9.78 Å². The molecule has 0 saturated heterocycles. The number of amides is 1. The van der Waals surface area contributed by atoms with Crippen LogP contribution in [-0.4, -0.2) is 24.0 Å². The van der Waals surface area contributed by atoms with Crippen LogP contribution < -0.4 is 10.6 Å². The lowest BCUT2D eigenvalue weighted by Gasteiger charge is -2.09. The smallest absolute Gasteiger partial charge is 0.269 e. The summed E-state index contributed by atoms with van der Waals surface area (Å²) in [6.45, 7) is 8.01. The van der Waals surface area contributed by atoms with Gasteiger partial charge in [-0.25, -0.2) is 0 Å². The maximum atomic E-state index is 11.7. The summed E-state index contributed by atoms with van der Waals surface area (Å²) in [5.41, 5.74) is 1.42. The minimum Gasteiger partial charge on any atom is -0.385 e. The number of hydrogen-bond acceptors (Lipinski definition) is 3. The van der Waals surface area contributed by atoms with Crippen LogP contribution in [0.15, 0.2) is 18.3 Å². The highest BCUT2D eigenvalue weighted by molar-refractivity contribution is 5.93. The van der Waals surface area contributed by atoms with Crippen LogP contribution in [0.4, 0.5) is 5.69 Å². The van der Waals surface area contributed by atoms with Crippen molar-refractivity contribution in [3.8, 4) is 0 Å². The number of pyridine rings is 1. The van der Waals surface area contributed by atoms with E-state index in [-0.39, 0.29) is 5.91 Å². The van der Waals surface area contributed by atoms with Crippen LogP contribution >= 0.6 is 0 Å². The third-order valence-corrected chi connectivity index (χ3v) is 2.58. The summed E-state index contributed by atoms with van der Waals surface area (Å²) in [7, 11) is 0. The van der Waals surface area contributed by atoms with Crippen molar-refractivity contribution in [2.45, 2.75) is 33.6 Å². The maximum absolute atomic E-state index is 11.7. The van der Waals surface area contributed by atoms with Gasteiger partial charge in [0.1, 0.15) is 5.69 Å². The molecule has 1 aromatic rings. The molecule has 1 heterocycles. The zero-order valence-corrected chi connectivity index (χ0v) is 11.5. The molecular weight excluding hydrogens is 226 g/mol. The van der Waals surface area contributed by atoms with Gasteiger partial charge < -0.3 is 10.6 Å². The number of carbonyl (C=O) groups excluding carboxylic acids is 1. The topological polar surface area (TPSA) is 54.0 Å². The van der Waals surface area contributed by atoms with E-state index in [0.717, 1.165) is 25.1 Å². The standard InChI is InChI=1S/C14H23N3O/c1-4-7-17-14(18)13-10-12(6-9-16-13)15-8-5-11(2)3/h6,9-11H,4-5,7-8H2,1-3H3,(H,15,16)(H,17,18). The Balaban J connectivity index is 2.53. The Morgan fingerprint density at radius 2 is 2.17 bits per heavy atom. The molecule has 0 unspecified atom stereocenters. The Kier molecular flexibility index (Phi) is 6.19. The third-order valence-electron chi connectivity index (χ3n) is 2.58. The molecule has 1 rings (SSSR count).